The minimum Gasteiger partial charge on any atom is -0.316 e. The third kappa shape index (κ3) is 26.7. The fraction of sp³-hybridized carbons (Fsp3) is 0.793. The van der Waals surface area contributed by atoms with Crippen LogP contribution in [-0.2, 0) is 0 Å². The highest BCUT2D eigenvalue weighted by Gasteiger charge is 2.14. The molecule has 3 rings (SSSR count). The van der Waals surface area contributed by atoms with E-state index in [1.54, 1.807) is 0 Å². The van der Waals surface area contributed by atoms with E-state index < -0.39 is 0 Å². The first-order chi connectivity index (χ1) is 14.6. The lowest BCUT2D eigenvalue weighted by molar-refractivity contribution is 0.242. The van der Waals surface area contributed by atoms with E-state index in [4.69, 9.17) is 6.42 Å². The molecule has 3 aliphatic heterocycles. The van der Waals surface area contributed by atoms with Gasteiger partial charge in [-0.15, -0.1) is 24.2 Å². The molecule has 0 saturated carbocycles. The lowest BCUT2D eigenvalue weighted by Gasteiger charge is -2.26. The molecule has 3 nitrogen and oxygen atoms in total. The fourth-order valence-electron chi connectivity index (χ4n) is 3.97. The van der Waals surface area contributed by atoms with Gasteiger partial charge in [-0.25, -0.2) is 0 Å². The zero-order valence-electron chi connectivity index (χ0n) is 22.8. The van der Waals surface area contributed by atoms with Crippen molar-refractivity contribution in [2.75, 3.05) is 53.4 Å². The molecule has 6 heteroatoms. The minimum atomic E-state index is 0. The molecule has 3 saturated heterocycles. The minimum absolute atomic E-state index is 0. The van der Waals surface area contributed by atoms with Crippen molar-refractivity contribution in [2.24, 2.45) is 17.8 Å². The van der Waals surface area contributed by atoms with Crippen molar-refractivity contribution >= 4 is 29.7 Å². The maximum Gasteiger partial charge on any atom is 0.0330 e. The van der Waals surface area contributed by atoms with Gasteiger partial charge >= 0.3 is 0 Å². The Morgan fingerprint density at radius 2 is 1.14 bits per heavy atom. The van der Waals surface area contributed by atoms with Gasteiger partial charge in [-0.1, -0.05) is 40.5 Å². The predicted octanol–water partition coefficient (Wildman–Crippen LogP) is 5.79. The molecule has 0 aromatic heterocycles. The summed E-state index contributed by atoms with van der Waals surface area (Å²) in [6.07, 6.45) is 13.0. The topological polar surface area (TPSA) is 18.5 Å². The van der Waals surface area contributed by atoms with Crippen molar-refractivity contribution in [1.82, 2.24) is 15.1 Å². The number of rotatable bonds is 0. The number of nitrogens with one attached hydrogen (secondary N) is 1. The second-order valence-corrected chi connectivity index (χ2v) is 8.20. The van der Waals surface area contributed by atoms with Gasteiger partial charge in [0.2, 0.25) is 0 Å². The van der Waals surface area contributed by atoms with Crippen LogP contribution in [0.15, 0.2) is 0 Å². The molecule has 210 valence electrons. The van der Waals surface area contributed by atoms with Crippen molar-refractivity contribution in [3.63, 3.8) is 0 Å². The fourth-order valence-corrected chi connectivity index (χ4v) is 3.97. The van der Waals surface area contributed by atoms with E-state index in [0.29, 0.717) is 17.8 Å². The van der Waals surface area contributed by atoms with Crippen molar-refractivity contribution < 1.29 is 0 Å². The Balaban J connectivity index is -0.0000000814. The lowest BCUT2D eigenvalue weighted by Crippen LogP contribution is -2.31. The Hall–Kier alpha value is -0.150. The molecule has 35 heavy (non-hydrogen) atoms. The van der Waals surface area contributed by atoms with E-state index in [2.05, 4.69) is 58.8 Å². The van der Waals surface area contributed by atoms with Gasteiger partial charge < -0.3 is 15.1 Å². The SMILES string of the molecule is C.C.C#CC1CCCN(C)C1.CC.CC#CC1CCCN(C)C1.CC#CC1CCCNC1.P.P.P. The first-order valence-corrected chi connectivity index (χ1v) is 12.0. The van der Waals surface area contributed by atoms with Gasteiger partial charge in [0, 0.05) is 37.4 Å². The van der Waals surface area contributed by atoms with Crippen LogP contribution < -0.4 is 5.32 Å². The van der Waals surface area contributed by atoms with E-state index in [0.717, 1.165) is 13.1 Å². The van der Waals surface area contributed by atoms with E-state index in [1.165, 1.54) is 64.7 Å². The summed E-state index contributed by atoms with van der Waals surface area (Å²) in [6.45, 7) is 14.9. The molecule has 0 amide bonds. The maximum absolute atomic E-state index is 5.29. The molecule has 0 aromatic rings. The molecule has 3 fully saturated rings. The van der Waals surface area contributed by atoms with Crippen LogP contribution in [0.3, 0.4) is 0 Å². The van der Waals surface area contributed by atoms with Crippen LogP contribution >= 0.6 is 29.7 Å². The molecular formula is C29H64N3P3. The summed E-state index contributed by atoms with van der Waals surface area (Å²) in [4.78, 5) is 4.66. The van der Waals surface area contributed by atoms with Gasteiger partial charge in [-0.3, -0.25) is 0 Å². The van der Waals surface area contributed by atoms with Crippen LogP contribution in [0.1, 0.15) is 81.1 Å². The zero-order valence-corrected chi connectivity index (χ0v) is 27.1. The van der Waals surface area contributed by atoms with Crippen LogP contribution in [0.25, 0.3) is 0 Å². The highest BCUT2D eigenvalue weighted by Crippen LogP contribution is 2.14. The normalized spacial score (nSPS) is 22.4. The maximum atomic E-state index is 5.29. The molecular weight excluding hydrogens is 483 g/mol. The average molecular weight is 548 g/mol. The molecule has 0 radical (unpaired) electrons. The summed E-state index contributed by atoms with van der Waals surface area (Å²) in [5.41, 5.74) is 0. The summed E-state index contributed by atoms with van der Waals surface area (Å²) < 4.78 is 0. The number of piperidine rings is 3. The van der Waals surface area contributed by atoms with Crippen LogP contribution in [0.2, 0.25) is 0 Å². The average Bonchev–Trinajstić information content (AvgIpc) is 2.77. The standard InChI is InChI=1S/C9H15N.2C8H13N.C2H6.2CH4.3H3P/c1-3-5-9-6-4-7-10(2)8-9;1-3-8-5-4-6-9(2)7-8;1-2-4-8-5-3-6-9-7-8;1-2;;;;;/h9H,4,6-8H2,1-2H3;1,8H,4-7H2,2H3;8-9H,3,5-7H2,1H3;1-2H3;2*1H4;3*1H3. The van der Waals surface area contributed by atoms with Crippen LogP contribution in [-0.4, -0.2) is 63.2 Å². The van der Waals surface area contributed by atoms with E-state index in [-0.39, 0.29) is 44.6 Å². The highest BCUT2D eigenvalue weighted by atomic mass is 31.0. The molecule has 0 spiro atoms. The molecule has 3 aliphatic rings. The number of hydrogen-bond donors (Lipinski definition) is 1. The molecule has 1 N–H and O–H groups in total. The van der Waals surface area contributed by atoms with Gasteiger partial charge in [-0.2, -0.15) is 29.7 Å². The van der Waals surface area contributed by atoms with Crippen LogP contribution in [0.5, 0.6) is 0 Å². The summed E-state index contributed by atoms with van der Waals surface area (Å²) in [5.74, 6) is 16.9. The predicted molar refractivity (Wildman–Crippen MR) is 180 cm³/mol. The number of nitrogens with zero attached hydrogens (tertiary/aromatic N) is 2. The third-order valence-corrected chi connectivity index (χ3v) is 5.48. The Morgan fingerprint density at radius 3 is 1.51 bits per heavy atom. The molecule has 0 aromatic carbocycles. The van der Waals surface area contributed by atoms with Gasteiger partial charge in [-0.05, 0) is 86.1 Å². The van der Waals surface area contributed by atoms with Crippen LogP contribution in [0, 0.1) is 53.8 Å². The Kier molecular flexibility index (Phi) is 46.4. The lowest BCUT2D eigenvalue weighted by atomic mass is 9.99. The van der Waals surface area contributed by atoms with E-state index >= 15 is 0 Å². The summed E-state index contributed by atoms with van der Waals surface area (Å²) in [5, 5.41) is 3.32. The highest BCUT2D eigenvalue weighted by molar-refractivity contribution is 6.92. The largest absolute Gasteiger partial charge is 0.316 e. The Morgan fingerprint density at radius 1 is 0.714 bits per heavy atom. The van der Waals surface area contributed by atoms with Gasteiger partial charge in [0.1, 0.15) is 0 Å². The summed E-state index contributed by atoms with van der Waals surface area (Å²) in [6, 6.07) is 0. The van der Waals surface area contributed by atoms with Crippen molar-refractivity contribution in [2.45, 2.75) is 81.1 Å². The molecule has 0 bridgehead atoms. The number of likely N-dealkylation sites (tertiary alicyclic amines) is 2. The van der Waals surface area contributed by atoms with Crippen molar-refractivity contribution in [3.05, 3.63) is 0 Å². The summed E-state index contributed by atoms with van der Waals surface area (Å²) in [7, 11) is 4.30. The van der Waals surface area contributed by atoms with Crippen molar-refractivity contribution in [3.8, 4) is 36.0 Å². The summed E-state index contributed by atoms with van der Waals surface area (Å²) >= 11 is 0. The first kappa shape index (κ1) is 48.0. The van der Waals surface area contributed by atoms with Gasteiger partial charge in [0.25, 0.3) is 0 Å². The third-order valence-electron chi connectivity index (χ3n) is 5.48. The Bertz CT molecular complexity index is 578. The molecule has 6 unspecified atom stereocenters. The second-order valence-electron chi connectivity index (χ2n) is 8.20. The molecule has 0 aliphatic carbocycles. The smallest absolute Gasteiger partial charge is 0.0330 e. The monoisotopic (exact) mass is 547 g/mol. The van der Waals surface area contributed by atoms with Gasteiger partial charge in [0.15, 0.2) is 0 Å². The molecule has 6 atom stereocenters. The van der Waals surface area contributed by atoms with E-state index in [1.807, 2.05) is 27.7 Å². The van der Waals surface area contributed by atoms with Gasteiger partial charge in [0.05, 0.1) is 0 Å². The zero-order chi connectivity index (χ0) is 22.6. The first-order valence-electron chi connectivity index (χ1n) is 12.0. The van der Waals surface area contributed by atoms with E-state index in [9.17, 15) is 0 Å². The second kappa shape index (κ2) is 33.8. The van der Waals surface area contributed by atoms with Crippen molar-refractivity contribution in [1.29, 1.82) is 0 Å². The van der Waals surface area contributed by atoms with Crippen LogP contribution in [0.4, 0.5) is 0 Å². The quantitative estimate of drug-likeness (QED) is 0.306. The Labute approximate surface area is 232 Å². The number of hydrogen-bond acceptors (Lipinski definition) is 3. The molecule has 3 heterocycles. The number of terminal acetylenes is 1.